The largest absolute Gasteiger partial charge is 0.305 e. The van der Waals surface area contributed by atoms with E-state index >= 15 is 0 Å². The summed E-state index contributed by atoms with van der Waals surface area (Å²) in [4.78, 5) is 32.5. The Kier molecular flexibility index (Phi) is 5.07. The molecule has 0 aliphatic heterocycles. The molecule has 0 atom stereocenters. The second kappa shape index (κ2) is 7.61. The SMILES string of the molecule is O=C(Nc1ccn(Cc2ccccc2F)n1)c1cc([N+](=O)[O-])cc([N+](=O)[O-])c1. The number of nitrogens with one attached hydrogen (secondary N) is 1. The van der Waals surface area contributed by atoms with Gasteiger partial charge in [0.15, 0.2) is 5.82 Å². The lowest BCUT2D eigenvalue weighted by atomic mass is 10.1. The van der Waals surface area contributed by atoms with Crippen molar-refractivity contribution in [2.24, 2.45) is 0 Å². The monoisotopic (exact) mass is 385 g/mol. The Hall–Kier alpha value is -4.15. The van der Waals surface area contributed by atoms with Gasteiger partial charge in [0.1, 0.15) is 5.82 Å². The molecule has 0 aliphatic carbocycles. The molecule has 0 unspecified atom stereocenters. The highest BCUT2D eigenvalue weighted by atomic mass is 19.1. The third kappa shape index (κ3) is 4.15. The van der Waals surface area contributed by atoms with Crippen LogP contribution in [0.2, 0.25) is 0 Å². The van der Waals surface area contributed by atoms with Gasteiger partial charge in [0.2, 0.25) is 0 Å². The molecule has 1 heterocycles. The number of rotatable bonds is 6. The Morgan fingerprint density at radius 1 is 1.07 bits per heavy atom. The number of non-ortho nitro benzene ring substituents is 2. The van der Waals surface area contributed by atoms with Gasteiger partial charge in [0.05, 0.1) is 28.0 Å². The lowest BCUT2D eigenvalue weighted by Gasteiger charge is -2.04. The van der Waals surface area contributed by atoms with Crippen LogP contribution < -0.4 is 5.32 Å². The number of carbonyl (C=O) groups is 1. The average Bonchev–Trinajstić information content (AvgIpc) is 3.10. The van der Waals surface area contributed by atoms with E-state index < -0.39 is 32.9 Å². The zero-order valence-corrected chi connectivity index (χ0v) is 14.1. The summed E-state index contributed by atoms with van der Waals surface area (Å²) in [6.07, 6.45) is 1.51. The van der Waals surface area contributed by atoms with Crippen molar-refractivity contribution in [1.82, 2.24) is 9.78 Å². The number of nitrogens with zero attached hydrogens (tertiary/aromatic N) is 4. The number of nitro benzene ring substituents is 2. The highest BCUT2D eigenvalue weighted by molar-refractivity contribution is 6.04. The first-order chi connectivity index (χ1) is 13.3. The van der Waals surface area contributed by atoms with Gasteiger partial charge in [0, 0.05) is 30.0 Å². The van der Waals surface area contributed by atoms with Crippen molar-refractivity contribution in [3.05, 3.63) is 91.9 Å². The molecule has 0 bridgehead atoms. The fourth-order valence-electron chi connectivity index (χ4n) is 2.44. The lowest BCUT2D eigenvalue weighted by molar-refractivity contribution is -0.394. The van der Waals surface area contributed by atoms with E-state index in [1.807, 2.05) is 0 Å². The Morgan fingerprint density at radius 2 is 1.71 bits per heavy atom. The third-order valence-electron chi connectivity index (χ3n) is 3.76. The van der Waals surface area contributed by atoms with Crippen molar-refractivity contribution in [2.75, 3.05) is 5.32 Å². The third-order valence-corrected chi connectivity index (χ3v) is 3.76. The molecule has 11 heteroatoms. The van der Waals surface area contributed by atoms with E-state index in [-0.39, 0.29) is 17.9 Å². The van der Waals surface area contributed by atoms with Crippen molar-refractivity contribution in [1.29, 1.82) is 0 Å². The number of benzene rings is 2. The Morgan fingerprint density at radius 3 is 2.32 bits per heavy atom. The molecule has 0 aliphatic rings. The van der Waals surface area contributed by atoms with Crippen molar-refractivity contribution in [3.8, 4) is 0 Å². The normalized spacial score (nSPS) is 10.5. The quantitative estimate of drug-likeness (QED) is 0.512. The van der Waals surface area contributed by atoms with E-state index in [0.717, 1.165) is 18.2 Å². The van der Waals surface area contributed by atoms with Crippen LogP contribution in [-0.2, 0) is 6.54 Å². The average molecular weight is 385 g/mol. The predicted molar refractivity (Wildman–Crippen MR) is 95.4 cm³/mol. The maximum absolute atomic E-state index is 13.7. The fourth-order valence-corrected chi connectivity index (χ4v) is 2.44. The van der Waals surface area contributed by atoms with Crippen molar-refractivity contribution < 1.29 is 19.0 Å². The first-order valence-corrected chi connectivity index (χ1v) is 7.85. The van der Waals surface area contributed by atoms with Crippen molar-refractivity contribution in [3.63, 3.8) is 0 Å². The van der Waals surface area contributed by atoms with Gasteiger partial charge in [-0.15, -0.1) is 0 Å². The number of anilines is 1. The van der Waals surface area contributed by atoms with Crippen LogP contribution in [-0.4, -0.2) is 25.5 Å². The number of carbonyl (C=O) groups excluding carboxylic acids is 1. The second-order valence-electron chi connectivity index (χ2n) is 5.70. The van der Waals surface area contributed by atoms with Crippen molar-refractivity contribution in [2.45, 2.75) is 6.54 Å². The number of nitro groups is 2. The van der Waals surface area contributed by atoms with Crippen LogP contribution in [0.5, 0.6) is 0 Å². The molecule has 142 valence electrons. The van der Waals surface area contributed by atoms with Gasteiger partial charge in [-0.05, 0) is 6.07 Å². The molecular formula is C17H12FN5O5. The van der Waals surface area contributed by atoms with Crippen LogP contribution >= 0.6 is 0 Å². The summed E-state index contributed by atoms with van der Waals surface area (Å²) in [5.74, 6) is -1.09. The van der Waals surface area contributed by atoms with Crippen LogP contribution in [0.1, 0.15) is 15.9 Å². The van der Waals surface area contributed by atoms with Crippen LogP contribution in [0.25, 0.3) is 0 Å². The van der Waals surface area contributed by atoms with Gasteiger partial charge >= 0.3 is 0 Å². The molecule has 0 fully saturated rings. The van der Waals surface area contributed by atoms with Gasteiger partial charge in [-0.2, -0.15) is 5.10 Å². The first kappa shape index (κ1) is 18.6. The van der Waals surface area contributed by atoms with Gasteiger partial charge in [0.25, 0.3) is 17.3 Å². The zero-order chi connectivity index (χ0) is 20.3. The Balaban J connectivity index is 1.78. The topological polar surface area (TPSA) is 133 Å². The summed E-state index contributed by atoms with van der Waals surface area (Å²) in [6, 6.07) is 10.2. The number of hydrogen-bond donors (Lipinski definition) is 1. The van der Waals surface area contributed by atoms with Gasteiger partial charge in [-0.25, -0.2) is 4.39 Å². The molecule has 3 aromatic rings. The predicted octanol–water partition coefficient (Wildman–Crippen LogP) is 3.14. The van der Waals surface area contributed by atoms with Crippen LogP contribution in [0.4, 0.5) is 21.6 Å². The van der Waals surface area contributed by atoms with Gasteiger partial charge in [-0.3, -0.25) is 29.7 Å². The minimum Gasteiger partial charge on any atom is -0.305 e. The second-order valence-corrected chi connectivity index (χ2v) is 5.70. The molecule has 1 amide bonds. The molecule has 28 heavy (non-hydrogen) atoms. The molecule has 10 nitrogen and oxygen atoms in total. The van der Waals surface area contributed by atoms with E-state index in [1.165, 1.54) is 23.0 Å². The fraction of sp³-hybridized carbons (Fsp3) is 0.0588. The maximum Gasteiger partial charge on any atom is 0.277 e. The lowest BCUT2D eigenvalue weighted by Crippen LogP contribution is -2.13. The Bertz CT molecular complexity index is 1050. The molecule has 1 aromatic heterocycles. The van der Waals surface area contributed by atoms with Crippen LogP contribution in [0.15, 0.2) is 54.7 Å². The number of amides is 1. The maximum atomic E-state index is 13.7. The summed E-state index contributed by atoms with van der Waals surface area (Å²) in [5, 5.41) is 28.3. The van der Waals surface area contributed by atoms with Gasteiger partial charge in [-0.1, -0.05) is 18.2 Å². The summed E-state index contributed by atoms with van der Waals surface area (Å²) >= 11 is 0. The number of halogens is 1. The van der Waals surface area contributed by atoms with E-state index in [9.17, 15) is 29.4 Å². The van der Waals surface area contributed by atoms with Crippen molar-refractivity contribution >= 4 is 23.1 Å². The molecule has 0 saturated heterocycles. The molecule has 1 N–H and O–H groups in total. The molecule has 0 radical (unpaired) electrons. The van der Waals surface area contributed by atoms with E-state index in [1.54, 1.807) is 18.2 Å². The molecule has 2 aromatic carbocycles. The molecule has 0 spiro atoms. The number of hydrogen-bond acceptors (Lipinski definition) is 6. The smallest absolute Gasteiger partial charge is 0.277 e. The minimum absolute atomic E-state index is 0.107. The summed E-state index contributed by atoms with van der Waals surface area (Å²) in [7, 11) is 0. The van der Waals surface area contributed by atoms with E-state index in [0.29, 0.717) is 5.56 Å². The molecular weight excluding hydrogens is 373 g/mol. The number of aromatic nitrogens is 2. The molecule has 0 saturated carbocycles. The summed E-state index contributed by atoms with van der Waals surface area (Å²) in [6.45, 7) is 0.130. The Labute approximate surface area is 156 Å². The standard InChI is InChI=1S/C17H12FN5O5/c18-15-4-2-1-3-11(15)10-21-6-5-16(20-21)19-17(24)12-7-13(22(25)26)9-14(8-12)23(27)28/h1-9H,10H2,(H,19,20,24). The zero-order valence-electron chi connectivity index (χ0n) is 14.1. The first-order valence-electron chi connectivity index (χ1n) is 7.85. The van der Waals surface area contributed by atoms with Crippen LogP contribution in [0, 0.1) is 26.0 Å². The van der Waals surface area contributed by atoms with Gasteiger partial charge < -0.3 is 5.32 Å². The van der Waals surface area contributed by atoms with Crippen LogP contribution in [0.3, 0.4) is 0 Å². The highest BCUT2D eigenvalue weighted by Crippen LogP contribution is 2.23. The van der Waals surface area contributed by atoms with E-state index in [4.69, 9.17) is 0 Å². The summed E-state index contributed by atoms with van der Waals surface area (Å²) < 4.78 is 15.1. The minimum atomic E-state index is -0.826. The van der Waals surface area contributed by atoms with E-state index in [2.05, 4.69) is 10.4 Å². The molecule has 3 rings (SSSR count). The summed E-state index contributed by atoms with van der Waals surface area (Å²) in [5.41, 5.74) is -1.02. The highest BCUT2D eigenvalue weighted by Gasteiger charge is 2.20.